The van der Waals surface area contributed by atoms with Gasteiger partial charge in [0.05, 0.1) is 12.7 Å². The van der Waals surface area contributed by atoms with Crippen LogP contribution in [0.3, 0.4) is 0 Å². The van der Waals surface area contributed by atoms with Crippen LogP contribution in [0.15, 0.2) is 6.33 Å². The Labute approximate surface area is 96.8 Å². The lowest BCUT2D eigenvalue weighted by molar-refractivity contribution is 0.388. The van der Waals surface area contributed by atoms with E-state index >= 15 is 0 Å². The normalized spacial score (nSPS) is 12.6. The smallest absolute Gasteiger partial charge is 0.221 e. The lowest BCUT2D eigenvalue weighted by Gasteiger charge is -2.20. The predicted octanol–water partition coefficient (Wildman–Crippen LogP) is 1.16. The first-order valence-corrected chi connectivity index (χ1v) is 5.31. The third-order valence-corrected chi connectivity index (χ3v) is 2.25. The standard InChI is InChI=1S/C11H20N4O/c1-8(6-15(3)4)14-10-9(2)11(16-5)13-7-12-10/h7-8H,6H2,1-5H3,(H,12,13,14). The van der Waals surface area contributed by atoms with Crippen LogP contribution in [0.2, 0.25) is 0 Å². The minimum Gasteiger partial charge on any atom is -0.481 e. The van der Waals surface area contributed by atoms with Crippen molar-refractivity contribution in [3.63, 3.8) is 0 Å². The first kappa shape index (κ1) is 12.7. The van der Waals surface area contributed by atoms with Crippen LogP contribution in [0.25, 0.3) is 0 Å². The van der Waals surface area contributed by atoms with Gasteiger partial charge in [0.1, 0.15) is 12.1 Å². The molecular formula is C11H20N4O. The molecule has 0 aliphatic heterocycles. The molecule has 90 valence electrons. The Morgan fingerprint density at radius 3 is 2.69 bits per heavy atom. The van der Waals surface area contributed by atoms with E-state index in [1.54, 1.807) is 7.11 Å². The van der Waals surface area contributed by atoms with Gasteiger partial charge in [0.2, 0.25) is 5.88 Å². The van der Waals surface area contributed by atoms with Crippen molar-refractivity contribution in [3.05, 3.63) is 11.9 Å². The maximum Gasteiger partial charge on any atom is 0.221 e. The number of likely N-dealkylation sites (N-methyl/N-ethyl adjacent to an activating group) is 1. The van der Waals surface area contributed by atoms with Crippen molar-refractivity contribution in [1.82, 2.24) is 14.9 Å². The van der Waals surface area contributed by atoms with Crippen LogP contribution in [0.5, 0.6) is 5.88 Å². The third-order valence-electron chi connectivity index (χ3n) is 2.25. The minimum absolute atomic E-state index is 0.327. The number of ether oxygens (including phenoxy) is 1. The fourth-order valence-electron chi connectivity index (χ4n) is 1.61. The van der Waals surface area contributed by atoms with Crippen molar-refractivity contribution in [1.29, 1.82) is 0 Å². The molecule has 1 heterocycles. The number of nitrogens with zero attached hydrogens (tertiary/aromatic N) is 3. The molecule has 1 aromatic rings. The molecule has 0 radical (unpaired) electrons. The largest absolute Gasteiger partial charge is 0.481 e. The fourth-order valence-corrected chi connectivity index (χ4v) is 1.61. The van der Waals surface area contributed by atoms with Gasteiger partial charge in [-0.25, -0.2) is 9.97 Å². The monoisotopic (exact) mass is 224 g/mol. The third kappa shape index (κ3) is 3.34. The minimum atomic E-state index is 0.327. The van der Waals surface area contributed by atoms with E-state index in [9.17, 15) is 0 Å². The molecule has 5 nitrogen and oxygen atoms in total. The second-order valence-corrected chi connectivity index (χ2v) is 4.16. The van der Waals surface area contributed by atoms with Crippen LogP contribution < -0.4 is 10.1 Å². The molecule has 1 unspecified atom stereocenters. The van der Waals surface area contributed by atoms with Crippen LogP contribution in [0, 0.1) is 6.92 Å². The van der Waals surface area contributed by atoms with Crippen molar-refractivity contribution in [2.75, 3.05) is 33.1 Å². The van der Waals surface area contributed by atoms with Crippen LogP contribution in [0.1, 0.15) is 12.5 Å². The molecular weight excluding hydrogens is 204 g/mol. The molecule has 0 saturated carbocycles. The summed E-state index contributed by atoms with van der Waals surface area (Å²) in [5.41, 5.74) is 0.940. The summed E-state index contributed by atoms with van der Waals surface area (Å²) >= 11 is 0. The van der Waals surface area contributed by atoms with E-state index in [-0.39, 0.29) is 0 Å². The van der Waals surface area contributed by atoms with E-state index in [2.05, 4.69) is 27.1 Å². The van der Waals surface area contributed by atoms with E-state index in [1.807, 2.05) is 21.0 Å². The topological polar surface area (TPSA) is 50.3 Å². The summed E-state index contributed by atoms with van der Waals surface area (Å²) in [6, 6.07) is 0.327. The molecule has 0 bridgehead atoms. The molecule has 1 N–H and O–H groups in total. The first-order chi connectivity index (χ1) is 7.54. The Hall–Kier alpha value is -1.36. The second-order valence-electron chi connectivity index (χ2n) is 4.16. The van der Waals surface area contributed by atoms with Crippen molar-refractivity contribution < 1.29 is 4.74 Å². The van der Waals surface area contributed by atoms with Crippen LogP contribution >= 0.6 is 0 Å². The van der Waals surface area contributed by atoms with Gasteiger partial charge in [-0.1, -0.05) is 0 Å². The first-order valence-electron chi connectivity index (χ1n) is 5.31. The average molecular weight is 224 g/mol. The van der Waals surface area contributed by atoms with Crippen LogP contribution in [0.4, 0.5) is 5.82 Å². The summed E-state index contributed by atoms with van der Waals surface area (Å²) in [5, 5.41) is 3.34. The summed E-state index contributed by atoms with van der Waals surface area (Å²) in [4.78, 5) is 10.4. The van der Waals surface area contributed by atoms with Gasteiger partial charge < -0.3 is 15.0 Å². The van der Waals surface area contributed by atoms with Gasteiger partial charge in [0, 0.05) is 12.6 Å². The van der Waals surface area contributed by atoms with E-state index in [0.717, 1.165) is 17.9 Å². The van der Waals surface area contributed by atoms with E-state index in [0.29, 0.717) is 11.9 Å². The Bertz CT molecular complexity index is 341. The summed E-state index contributed by atoms with van der Waals surface area (Å²) in [6.07, 6.45) is 1.51. The highest BCUT2D eigenvalue weighted by molar-refractivity contribution is 5.48. The Morgan fingerprint density at radius 2 is 2.12 bits per heavy atom. The Balaban J connectivity index is 2.73. The van der Waals surface area contributed by atoms with Crippen molar-refractivity contribution >= 4 is 5.82 Å². The van der Waals surface area contributed by atoms with Crippen molar-refractivity contribution in [2.45, 2.75) is 19.9 Å². The summed E-state index contributed by atoms with van der Waals surface area (Å²) in [7, 11) is 5.71. The molecule has 0 saturated heterocycles. The number of anilines is 1. The highest BCUT2D eigenvalue weighted by Gasteiger charge is 2.10. The molecule has 0 amide bonds. The number of nitrogens with one attached hydrogen (secondary N) is 1. The van der Waals surface area contributed by atoms with Crippen LogP contribution in [-0.4, -0.2) is 48.7 Å². The number of rotatable bonds is 5. The Morgan fingerprint density at radius 1 is 1.44 bits per heavy atom. The van der Waals surface area contributed by atoms with Crippen molar-refractivity contribution in [2.24, 2.45) is 0 Å². The van der Waals surface area contributed by atoms with Gasteiger partial charge in [-0.15, -0.1) is 0 Å². The summed E-state index contributed by atoms with van der Waals surface area (Å²) < 4.78 is 5.15. The van der Waals surface area contributed by atoms with E-state index in [1.165, 1.54) is 6.33 Å². The van der Waals surface area contributed by atoms with Crippen LogP contribution in [-0.2, 0) is 0 Å². The van der Waals surface area contributed by atoms with E-state index < -0.39 is 0 Å². The molecule has 0 spiro atoms. The molecule has 1 atom stereocenters. The molecule has 16 heavy (non-hydrogen) atoms. The zero-order chi connectivity index (χ0) is 12.1. The highest BCUT2D eigenvalue weighted by Crippen LogP contribution is 2.20. The van der Waals surface area contributed by atoms with Gasteiger partial charge in [-0.2, -0.15) is 0 Å². The van der Waals surface area contributed by atoms with Crippen molar-refractivity contribution in [3.8, 4) is 5.88 Å². The van der Waals surface area contributed by atoms with Gasteiger partial charge in [-0.3, -0.25) is 0 Å². The highest BCUT2D eigenvalue weighted by atomic mass is 16.5. The molecule has 1 aromatic heterocycles. The number of aromatic nitrogens is 2. The lowest BCUT2D eigenvalue weighted by Crippen LogP contribution is -2.30. The molecule has 0 aliphatic carbocycles. The summed E-state index contributed by atoms with van der Waals surface area (Å²) in [6.45, 7) is 5.02. The number of hydrogen-bond donors (Lipinski definition) is 1. The molecule has 0 aromatic carbocycles. The molecule has 5 heteroatoms. The zero-order valence-electron chi connectivity index (χ0n) is 10.6. The maximum atomic E-state index is 5.15. The SMILES string of the molecule is COc1ncnc(NC(C)CN(C)C)c1C. The Kier molecular flexibility index (Phi) is 4.49. The summed E-state index contributed by atoms with van der Waals surface area (Å²) in [5.74, 6) is 1.45. The van der Waals surface area contributed by atoms with Gasteiger partial charge in [-0.05, 0) is 27.9 Å². The molecule has 0 aliphatic rings. The maximum absolute atomic E-state index is 5.15. The van der Waals surface area contributed by atoms with Gasteiger partial charge >= 0.3 is 0 Å². The number of hydrogen-bond acceptors (Lipinski definition) is 5. The quantitative estimate of drug-likeness (QED) is 0.813. The number of methoxy groups -OCH3 is 1. The zero-order valence-corrected chi connectivity index (χ0v) is 10.6. The van der Waals surface area contributed by atoms with Gasteiger partial charge in [0.25, 0.3) is 0 Å². The fraction of sp³-hybridized carbons (Fsp3) is 0.636. The van der Waals surface area contributed by atoms with Gasteiger partial charge in [0.15, 0.2) is 0 Å². The average Bonchev–Trinajstić information content (AvgIpc) is 2.20. The second kappa shape index (κ2) is 5.65. The lowest BCUT2D eigenvalue weighted by atomic mass is 10.2. The predicted molar refractivity (Wildman–Crippen MR) is 65.0 cm³/mol. The molecule has 1 rings (SSSR count). The molecule has 0 fully saturated rings. The van der Waals surface area contributed by atoms with E-state index in [4.69, 9.17) is 4.74 Å².